The van der Waals surface area contributed by atoms with E-state index >= 15 is 0 Å². The van der Waals surface area contributed by atoms with E-state index in [4.69, 9.17) is 0 Å². The molecule has 0 rings (SSSR count). The van der Waals surface area contributed by atoms with Gasteiger partial charge in [-0.3, -0.25) is 4.79 Å². The second-order valence-electron chi connectivity index (χ2n) is 2.05. The predicted molar refractivity (Wildman–Crippen MR) is 49.9 cm³/mol. The number of rotatable bonds is 6. The third kappa shape index (κ3) is 7.68. The van der Waals surface area contributed by atoms with Gasteiger partial charge in [0, 0.05) is 19.3 Å². The van der Waals surface area contributed by atoms with Gasteiger partial charge in [-0.25, -0.2) is 0 Å². The van der Waals surface area contributed by atoms with Crippen LogP contribution in [0.15, 0.2) is 0 Å². The van der Waals surface area contributed by atoms with E-state index in [0.29, 0.717) is 6.54 Å². The molecule has 0 saturated carbocycles. The van der Waals surface area contributed by atoms with Gasteiger partial charge >= 0.3 is 0 Å². The topological polar surface area (TPSA) is 41.1 Å². The molecule has 0 aromatic heterocycles. The highest BCUT2D eigenvalue weighted by Crippen LogP contribution is 1.94. The van der Waals surface area contributed by atoms with Gasteiger partial charge in [-0.05, 0) is 5.75 Å². The molecule has 0 radical (unpaired) electrons. The summed E-state index contributed by atoms with van der Waals surface area (Å²) >= 11 is 1.87. The van der Waals surface area contributed by atoms with Gasteiger partial charge in [-0.15, -0.1) is 0 Å². The lowest BCUT2D eigenvalue weighted by molar-refractivity contribution is -0.119. The van der Waals surface area contributed by atoms with E-state index in [2.05, 4.69) is 17.6 Å². The van der Waals surface area contributed by atoms with E-state index in [0.717, 1.165) is 18.1 Å². The van der Waals surface area contributed by atoms with E-state index in [1.165, 1.54) is 0 Å². The molecule has 0 atom stereocenters. The largest absolute Gasteiger partial charge is 0.358 e. The molecule has 0 spiro atoms. The van der Waals surface area contributed by atoms with Gasteiger partial charge in [-0.1, -0.05) is 6.92 Å². The molecular weight excluding hydrogens is 160 g/mol. The third-order valence-electron chi connectivity index (χ3n) is 1.19. The van der Waals surface area contributed by atoms with Crippen molar-refractivity contribution in [3.8, 4) is 0 Å². The Hall–Kier alpha value is -0.220. The van der Waals surface area contributed by atoms with E-state index in [9.17, 15) is 4.79 Å². The Balaban J connectivity index is 2.95. The molecule has 0 saturated heterocycles. The first kappa shape index (κ1) is 10.8. The van der Waals surface area contributed by atoms with Gasteiger partial charge in [0.2, 0.25) is 5.91 Å². The van der Waals surface area contributed by atoms with Gasteiger partial charge in [0.15, 0.2) is 0 Å². The lowest BCUT2D eigenvalue weighted by atomic mass is 10.6. The molecule has 66 valence electrons. The van der Waals surface area contributed by atoms with Gasteiger partial charge in [0.05, 0.1) is 6.54 Å². The van der Waals surface area contributed by atoms with Crippen molar-refractivity contribution in [2.45, 2.75) is 6.92 Å². The van der Waals surface area contributed by atoms with Gasteiger partial charge < -0.3 is 10.6 Å². The van der Waals surface area contributed by atoms with Crippen LogP contribution < -0.4 is 10.6 Å². The maximum atomic E-state index is 10.7. The first-order valence-corrected chi connectivity index (χ1v) is 4.95. The van der Waals surface area contributed by atoms with Crippen LogP contribution in [-0.4, -0.2) is 37.6 Å². The minimum atomic E-state index is 0.0477. The summed E-state index contributed by atoms with van der Waals surface area (Å²) in [6.07, 6.45) is 0. The van der Waals surface area contributed by atoms with Crippen molar-refractivity contribution in [3.63, 3.8) is 0 Å². The normalized spacial score (nSPS) is 9.64. The van der Waals surface area contributed by atoms with Crippen LogP contribution >= 0.6 is 11.8 Å². The number of thioether (sulfide) groups is 1. The summed E-state index contributed by atoms with van der Waals surface area (Å²) in [7, 11) is 1.64. The van der Waals surface area contributed by atoms with E-state index < -0.39 is 0 Å². The van der Waals surface area contributed by atoms with Crippen molar-refractivity contribution < 1.29 is 4.79 Å². The Labute approximate surface area is 72.3 Å². The highest BCUT2D eigenvalue weighted by atomic mass is 32.2. The SMILES string of the molecule is CCSCCNCC(=O)NC. The Morgan fingerprint density at radius 1 is 1.55 bits per heavy atom. The molecule has 0 aromatic rings. The number of nitrogens with one attached hydrogen (secondary N) is 2. The highest BCUT2D eigenvalue weighted by molar-refractivity contribution is 7.99. The van der Waals surface area contributed by atoms with Crippen LogP contribution in [0.25, 0.3) is 0 Å². The maximum Gasteiger partial charge on any atom is 0.233 e. The molecule has 0 aromatic carbocycles. The zero-order valence-corrected chi connectivity index (χ0v) is 7.96. The molecular formula is C7H16N2OS. The summed E-state index contributed by atoms with van der Waals surface area (Å²) in [4.78, 5) is 10.7. The zero-order chi connectivity index (χ0) is 8.53. The summed E-state index contributed by atoms with van der Waals surface area (Å²) < 4.78 is 0. The van der Waals surface area contributed by atoms with Crippen LogP contribution in [0.2, 0.25) is 0 Å². The fourth-order valence-electron chi connectivity index (χ4n) is 0.579. The maximum absolute atomic E-state index is 10.7. The fraction of sp³-hybridized carbons (Fsp3) is 0.857. The van der Waals surface area contributed by atoms with Crippen LogP contribution in [0.4, 0.5) is 0 Å². The van der Waals surface area contributed by atoms with Gasteiger partial charge in [-0.2, -0.15) is 11.8 Å². The molecule has 0 aliphatic heterocycles. The quantitative estimate of drug-likeness (QED) is 0.563. The van der Waals surface area contributed by atoms with Crippen molar-refractivity contribution in [2.24, 2.45) is 0 Å². The zero-order valence-electron chi connectivity index (χ0n) is 7.14. The van der Waals surface area contributed by atoms with Crippen molar-refractivity contribution in [3.05, 3.63) is 0 Å². The van der Waals surface area contributed by atoms with Crippen molar-refractivity contribution in [1.29, 1.82) is 0 Å². The molecule has 0 heterocycles. The molecule has 1 amide bonds. The summed E-state index contributed by atoms with van der Waals surface area (Å²) in [5.41, 5.74) is 0. The number of hydrogen-bond donors (Lipinski definition) is 2. The van der Waals surface area contributed by atoms with Crippen molar-refractivity contribution >= 4 is 17.7 Å². The molecule has 0 unspecified atom stereocenters. The second kappa shape index (κ2) is 7.88. The molecule has 0 aliphatic carbocycles. The minimum Gasteiger partial charge on any atom is -0.358 e. The molecule has 4 heteroatoms. The molecule has 3 nitrogen and oxygen atoms in total. The first-order valence-electron chi connectivity index (χ1n) is 3.80. The van der Waals surface area contributed by atoms with Crippen molar-refractivity contribution in [2.75, 3.05) is 31.6 Å². The van der Waals surface area contributed by atoms with E-state index in [-0.39, 0.29) is 5.91 Å². The Bertz CT molecular complexity index is 109. The Morgan fingerprint density at radius 2 is 2.27 bits per heavy atom. The summed E-state index contributed by atoms with van der Waals surface area (Å²) in [5.74, 6) is 2.27. The lowest BCUT2D eigenvalue weighted by Gasteiger charge is -2.01. The van der Waals surface area contributed by atoms with Gasteiger partial charge in [0.25, 0.3) is 0 Å². The number of likely N-dealkylation sites (N-methyl/N-ethyl adjacent to an activating group) is 1. The van der Waals surface area contributed by atoms with Crippen LogP contribution in [0.3, 0.4) is 0 Å². The lowest BCUT2D eigenvalue weighted by Crippen LogP contribution is -2.32. The van der Waals surface area contributed by atoms with E-state index in [1.54, 1.807) is 7.05 Å². The summed E-state index contributed by atoms with van der Waals surface area (Å²) in [6, 6.07) is 0. The number of hydrogen-bond acceptors (Lipinski definition) is 3. The summed E-state index contributed by atoms with van der Waals surface area (Å²) in [6.45, 7) is 3.47. The standard InChI is InChI=1S/C7H16N2OS/c1-3-11-5-4-9-6-7(10)8-2/h9H,3-6H2,1-2H3,(H,8,10). The Morgan fingerprint density at radius 3 is 2.82 bits per heavy atom. The average Bonchev–Trinajstić information content (AvgIpc) is 2.04. The van der Waals surface area contributed by atoms with Crippen LogP contribution in [0.1, 0.15) is 6.92 Å². The number of carbonyl (C=O) groups is 1. The molecule has 0 fully saturated rings. The van der Waals surface area contributed by atoms with Crippen LogP contribution in [0.5, 0.6) is 0 Å². The Kier molecular flexibility index (Phi) is 7.72. The summed E-state index contributed by atoms with van der Waals surface area (Å²) in [5, 5.41) is 5.59. The van der Waals surface area contributed by atoms with Crippen molar-refractivity contribution in [1.82, 2.24) is 10.6 Å². The average molecular weight is 176 g/mol. The third-order valence-corrected chi connectivity index (χ3v) is 2.09. The molecule has 0 bridgehead atoms. The van der Waals surface area contributed by atoms with E-state index in [1.807, 2.05) is 11.8 Å². The fourth-order valence-corrected chi connectivity index (χ4v) is 1.16. The molecule has 0 aliphatic rings. The monoisotopic (exact) mass is 176 g/mol. The minimum absolute atomic E-state index is 0.0477. The number of carbonyl (C=O) groups excluding carboxylic acids is 1. The molecule has 2 N–H and O–H groups in total. The highest BCUT2D eigenvalue weighted by Gasteiger charge is 1.94. The second-order valence-corrected chi connectivity index (χ2v) is 3.44. The first-order chi connectivity index (χ1) is 5.31. The molecule has 11 heavy (non-hydrogen) atoms. The smallest absolute Gasteiger partial charge is 0.233 e. The van der Waals surface area contributed by atoms with Gasteiger partial charge in [0.1, 0.15) is 0 Å². The predicted octanol–water partition coefficient (Wildman–Crippen LogP) is 0.0751. The number of amides is 1. The van der Waals surface area contributed by atoms with Crippen LogP contribution in [-0.2, 0) is 4.79 Å². The van der Waals surface area contributed by atoms with Crippen LogP contribution in [0, 0.1) is 0 Å².